The lowest BCUT2D eigenvalue weighted by atomic mass is 10.0. The minimum absolute atomic E-state index is 0.360. The molecule has 3 heterocycles. The molecule has 3 aromatic heterocycles. The zero-order valence-corrected chi connectivity index (χ0v) is 19.1. The van der Waals surface area contributed by atoms with Gasteiger partial charge in [-0.1, -0.05) is 23.3 Å². The second-order valence-electron chi connectivity index (χ2n) is 7.43. The molecule has 4 rings (SSSR count). The van der Waals surface area contributed by atoms with Gasteiger partial charge in [0.25, 0.3) is 11.7 Å². The largest absolute Gasteiger partial charge is 0.481 e. The molecule has 0 spiro atoms. The van der Waals surface area contributed by atoms with Crippen LogP contribution < -0.4 is 10.1 Å². The fourth-order valence-corrected chi connectivity index (χ4v) is 4.99. The Labute approximate surface area is 189 Å². The molecule has 0 aliphatic heterocycles. The van der Waals surface area contributed by atoms with E-state index >= 15 is 0 Å². The van der Waals surface area contributed by atoms with Crippen molar-refractivity contribution < 1.29 is 14.3 Å². The summed E-state index contributed by atoms with van der Waals surface area (Å²) in [5.41, 5.74) is 3.91. The van der Waals surface area contributed by atoms with Crippen molar-refractivity contribution in [2.75, 3.05) is 12.4 Å². The molecular formula is C23H22ClN3O3S. The van der Waals surface area contributed by atoms with Gasteiger partial charge in [-0.2, -0.15) is 0 Å². The van der Waals surface area contributed by atoms with E-state index in [0.29, 0.717) is 23.7 Å². The Kier molecular flexibility index (Phi) is 5.98. The lowest BCUT2D eigenvalue weighted by molar-refractivity contribution is -0.112. The van der Waals surface area contributed by atoms with Gasteiger partial charge < -0.3 is 14.6 Å². The number of ketones is 1. The van der Waals surface area contributed by atoms with Gasteiger partial charge in [-0.05, 0) is 44.9 Å². The Morgan fingerprint density at radius 1 is 1.26 bits per heavy atom. The molecule has 1 amide bonds. The summed E-state index contributed by atoms with van der Waals surface area (Å²) < 4.78 is 8.04. The number of Topliss-reactive ketones (excluding diaryl/α,β-unsaturated/α-hetero) is 1. The Morgan fingerprint density at radius 3 is 2.77 bits per heavy atom. The first kappa shape index (κ1) is 21.3. The number of anilines is 1. The fraction of sp³-hybridized carbons (Fsp3) is 0.261. The number of carbonyl (C=O) groups is 2. The number of aryl methyl sites for hydroxylation is 1. The average Bonchev–Trinajstić information content (AvgIpc) is 3.24. The molecule has 0 atom stereocenters. The zero-order valence-electron chi connectivity index (χ0n) is 17.5. The van der Waals surface area contributed by atoms with Gasteiger partial charge in [-0.3, -0.25) is 9.59 Å². The van der Waals surface area contributed by atoms with Crippen LogP contribution in [0.4, 0.5) is 5.69 Å². The van der Waals surface area contributed by atoms with E-state index in [1.165, 1.54) is 30.2 Å². The molecule has 160 valence electrons. The number of ether oxygens (including phenoxy) is 1. The molecule has 0 radical (unpaired) electrons. The van der Waals surface area contributed by atoms with Gasteiger partial charge in [-0.15, -0.1) is 11.3 Å². The van der Waals surface area contributed by atoms with E-state index in [4.69, 9.17) is 16.3 Å². The van der Waals surface area contributed by atoms with Crippen molar-refractivity contribution >= 4 is 50.5 Å². The van der Waals surface area contributed by atoms with Crippen molar-refractivity contribution in [1.82, 2.24) is 9.55 Å². The quantitative estimate of drug-likeness (QED) is 0.399. The Hall–Kier alpha value is -2.90. The molecule has 31 heavy (non-hydrogen) atoms. The van der Waals surface area contributed by atoms with Gasteiger partial charge in [-0.25, -0.2) is 4.98 Å². The van der Waals surface area contributed by atoms with Gasteiger partial charge in [0.05, 0.1) is 22.9 Å². The third kappa shape index (κ3) is 4.29. The van der Waals surface area contributed by atoms with Crippen LogP contribution in [0.2, 0.25) is 0 Å². The molecule has 0 saturated heterocycles. The predicted molar refractivity (Wildman–Crippen MR) is 124 cm³/mol. The average molecular weight is 456 g/mol. The molecule has 8 heteroatoms. The SMILES string of the molecule is COc1cc(NC(=O)C(=O)c2c(C)n(CC3=CC=C(Cl)CC3)c3cc(C)sc23)ccn1. The number of pyridine rings is 1. The van der Waals surface area contributed by atoms with Crippen molar-refractivity contribution in [2.24, 2.45) is 0 Å². The summed E-state index contributed by atoms with van der Waals surface area (Å²) >= 11 is 7.62. The number of aromatic nitrogens is 2. The maximum Gasteiger partial charge on any atom is 0.296 e. The van der Waals surface area contributed by atoms with Crippen LogP contribution >= 0.6 is 22.9 Å². The number of rotatable bonds is 6. The number of allylic oxidation sites excluding steroid dienone is 4. The first-order chi connectivity index (χ1) is 14.9. The minimum Gasteiger partial charge on any atom is -0.481 e. The molecular weight excluding hydrogens is 434 g/mol. The molecule has 1 aliphatic carbocycles. The third-order valence-electron chi connectivity index (χ3n) is 5.30. The van der Waals surface area contributed by atoms with E-state index in [1.807, 2.05) is 26.0 Å². The van der Waals surface area contributed by atoms with Crippen LogP contribution in [-0.4, -0.2) is 28.4 Å². The molecule has 0 saturated carbocycles. The number of halogens is 1. The summed E-state index contributed by atoms with van der Waals surface area (Å²) in [6, 6.07) is 5.26. The van der Waals surface area contributed by atoms with Gasteiger partial charge in [0.15, 0.2) is 0 Å². The van der Waals surface area contributed by atoms with Crippen LogP contribution in [0.3, 0.4) is 0 Å². The first-order valence-corrected chi connectivity index (χ1v) is 11.1. The number of nitrogens with one attached hydrogen (secondary N) is 1. The van der Waals surface area contributed by atoms with E-state index in [0.717, 1.165) is 38.7 Å². The van der Waals surface area contributed by atoms with Crippen LogP contribution in [0, 0.1) is 13.8 Å². The number of carbonyl (C=O) groups excluding carboxylic acids is 2. The number of fused-ring (bicyclic) bond motifs is 1. The number of thiophene rings is 1. The summed E-state index contributed by atoms with van der Waals surface area (Å²) in [6.45, 7) is 4.56. The van der Waals surface area contributed by atoms with E-state index < -0.39 is 11.7 Å². The van der Waals surface area contributed by atoms with Crippen LogP contribution in [0.5, 0.6) is 5.88 Å². The Balaban J connectivity index is 1.67. The maximum absolute atomic E-state index is 13.2. The van der Waals surface area contributed by atoms with Crippen LogP contribution in [0.1, 0.15) is 33.8 Å². The van der Waals surface area contributed by atoms with Gasteiger partial charge in [0.1, 0.15) is 0 Å². The predicted octanol–water partition coefficient (Wildman–Crippen LogP) is 5.39. The summed E-state index contributed by atoms with van der Waals surface area (Å²) in [5, 5.41) is 3.51. The molecule has 0 fully saturated rings. The Morgan fingerprint density at radius 2 is 2.06 bits per heavy atom. The molecule has 6 nitrogen and oxygen atoms in total. The minimum atomic E-state index is -0.687. The number of hydrogen-bond acceptors (Lipinski definition) is 5. The Bertz CT molecular complexity index is 1250. The smallest absolute Gasteiger partial charge is 0.296 e. The standard InChI is InChI=1S/C23H22ClN3O3S/c1-13-10-18-22(31-13)20(14(2)27(18)12-15-4-6-16(24)7-5-15)21(28)23(29)26-17-8-9-25-19(11-17)30-3/h4,6,8-11H,5,7,12H2,1-3H3,(H,25,26,29). The van der Waals surface area contributed by atoms with Crippen LogP contribution in [0.25, 0.3) is 10.2 Å². The lowest BCUT2D eigenvalue weighted by Crippen LogP contribution is -2.23. The molecule has 3 aromatic rings. The summed E-state index contributed by atoms with van der Waals surface area (Å²) in [5.74, 6) is -0.883. The number of nitrogens with zero attached hydrogens (tertiary/aromatic N) is 2. The topological polar surface area (TPSA) is 73.2 Å². The monoisotopic (exact) mass is 455 g/mol. The van der Waals surface area contributed by atoms with E-state index in [9.17, 15) is 9.59 Å². The lowest BCUT2D eigenvalue weighted by Gasteiger charge is -2.14. The van der Waals surface area contributed by atoms with E-state index in [2.05, 4.69) is 20.9 Å². The zero-order chi connectivity index (χ0) is 22.1. The summed E-state index contributed by atoms with van der Waals surface area (Å²) in [7, 11) is 1.49. The highest BCUT2D eigenvalue weighted by Crippen LogP contribution is 2.35. The van der Waals surface area contributed by atoms with Gasteiger partial charge in [0.2, 0.25) is 5.88 Å². The summed E-state index contributed by atoms with van der Waals surface area (Å²) in [4.78, 5) is 31.1. The molecule has 1 aliphatic rings. The first-order valence-electron chi connectivity index (χ1n) is 9.86. The highest BCUT2D eigenvalue weighted by Gasteiger charge is 2.27. The van der Waals surface area contributed by atoms with Crippen LogP contribution in [-0.2, 0) is 11.3 Å². The van der Waals surface area contributed by atoms with Crippen molar-refractivity contribution in [2.45, 2.75) is 33.2 Å². The van der Waals surface area contributed by atoms with Crippen LogP contribution in [0.15, 0.2) is 47.2 Å². The normalized spacial score (nSPS) is 13.7. The van der Waals surface area contributed by atoms with Gasteiger partial charge >= 0.3 is 0 Å². The highest BCUT2D eigenvalue weighted by molar-refractivity contribution is 7.19. The molecule has 0 aromatic carbocycles. The fourth-order valence-electron chi connectivity index (χ4n) is 3.72. The van der Waals surface area contributed by atoms with E-state index in [1.54, 1.807) is 12.1 Å². The number of amides is 1. The highest BCUT2D eigenvalue weighted by atomic mass is 35.5. The molecule has 0 unspecified atom stereocenters. The van der Waals surface area contributed by atoms with Crippen molar-refractivity contribution in [3.05, 3.63) is 63.3 Å². The van der Waals surface area contributed by atoms with E-state index in [-0.39, 0.29) is 0 Å². The molecule has 1 N–H and O–H groups in total. The van der Waals surface area contributed by atoms with Crippen molar-refractivity contribution in [1.29, 1.82) is 0 Å². The molecule has 0 bridgehead atoms. The number of methoxy groups -OCH3 is 1. The second kappa shape index (κ2) is 8.69. The number of hydrogen-bond donors (Lipinski definition) is 1. The second-order valence-corrected chi connectivity index (χ2v) is 9.17. The third-order valence-corrected chi connectivity index (χ3v) is 6.67. The summed E-state index contributed by atoms with van der Waals surface area (Å²) in [6.07, 6.45) is 7.19. The van der Waals surface area contributed by atoms with Crippen molar-refractivity contribution in [3.63, 3.8) is 0 Å². The van der Waals surface area contributed by atoms with Gasteiger partial charge in [0, 0.05) is 40.1 Å². The van der Waals surface area contributed by atoms with Crippen molar-refractivity contribution in [3.8, 4) is 5.88 Å². The maximum atomic E-state index is 13.2.